The molecule has 3 aromatic rings. The molecule has 2 heterocycles. The Morgan fingerprint density at radius 1 is 1.08 bits per heavy atom. The second kappa shape index (κ2) is 11.5. The first-order chi connectivity index (χ1) is 12.6. The van der Waals surface area contributed by atoms with Gasteiger partial charge in [0.05, 0.1) is 17.6 Å². The molecule has 0 fully saturated rings. The van der Waals surface area contributed by atoms with Crippen LogP contribution in [0, 0.1) is 19.3 Å². The van der Waals surface area contributed by atoms with Gasteiger partial charge < -0.3 is 10.2 Å². The molecule has 26 heavy (non-hydrogen) atoms. The van der Waals surface area contributed by atoms with Crippen LogP contribution in [0.25, 0.3) is 11.5 Å². The summed E-state index contributed by atoms with van der Waals surface area (Å²) in [4.78, 5) is 8.02. The highest BCUT2D eigenvalue weighted by atomic mass is 16.3. The molecule has 0 atom stereocenters. The average Bonchev–Trinajstić information content (AvgIpc) is 3.20. The Morgan fingerprint density at radius 3 is 2.23 bits per heavy atom. The summed E-state index contributed by atoms with van der Waals surface area (Å²) >= 11 is 0. The van der Waals surface area contributed by atoms with E-state index in [0.717, 1.165) is 17.7 Å². The SMILES string of the molecule is C#Cc1ccc(CC)cc1.CCC.Cc1ncnc(-c2ccco2)c1N. The van der Waals surface area contributed by atoms with Gasteiger partial charge in [-0.3, -0.25) is 0 Å². The Bertz CT molecular complexity index is 800. The molecule has 0 radical (unpaired) electrons. The topological polar surface area (TPSA) is 64.9 Å². The molecule has 3 rings (SSSR count). The van der Waals surface area contributed by atoms with Crippen molar-refractivity contribution in [3.63, 3.8) is 0 Å². The quantitative estimate of drug-likeness (QED) is 0.640. The zero-order chi connectivity index (χ0) is 19.4. The van der Waals surface area contributed by atoms with Crippen LogP contribution in [0.1, 0.15) is 44.0 Å². The molecule has 0 saturated carbocycles. The summed E-state index contributed by atoms with van der Waals surface area (Å²) in [6.45, 7) is 8.22. The molecule has 0 spiro atoms. The van der Waals surface area contributed by atoms with Crippen LogP contribution >= 0.6 is 0 Å². The van der Waals surface area contributed by atoms with E-state index in [1.54, 1.807) is 12.3 Å². The van der Waals surface area contributed by atoms with Crippen molar-refractivity contribution in [2.75, 3.05) is 5.73 Å². The van der Waals surface area contributed by atoms with Crippen LogP contribution in [0.4, 0.5) is 5.69 Å². The highest BCUT2D eigenvalue weighted by molar-refractivity contribution is 5.69. The number of furan rings is 1. The van der Waals surface area contributed by atoms with E-state index in [0.29, 0.717) is 17.1 Å². The van der Waals surface area contributed by atoms with Crippen LogP contribution in [0.2, 0.25) is 0 Å². The van der Waals surface area contributed by atoms with Gasteiger partial charge >= 0.3 is 0 Å². The molecule has 2 N–H and O–H groups in total. The molecule has 2 aromatic heterocycles. The second-order valence-electron chi connectivity index (χ2n) is 5.60. The minimum absolute atomic E-state index is 0.567. The van der Waals surface area contributed by atoms with Crippen molar-refractivity contribution < 1.29 is 4.42 Å². The van der Waals surface area contributed by atoms with E-state index in [9.17, 15) is 0 Å². The zero-order valence-electron chi connectivity index (χ0n) is 16.0. The van der Waals surface area contributed by atoms with Gasteiger partial charge in [0.1, 0.15) is 12.0 Å². The number of hydrogen-bond donors (Lipinski definition) is 1. The van der Waals surface area contributed by atoms with Gasteiger partial charge in [0, 0.05) is 5.56 Å². The lowest BCUT2D eigenvalue weighted by Gasteiger charge is -2.02. The largest absolute Gasteiger partial charge is 0.463 e. The van der Waals surface area contributed by atoms with Gasteiger partial charge in [-0.1, -0.05) is 45.2 Å². The maximum absolute atomic E-state index is 5.79. The first-order valence-corrected chi connectivity index (χ1v) is 8.73. The molecular weight excluding hydrogens is 322 g/mol. The van der Waals surface area contributed by atoms with E-state index in [-0.39, 0.29) is 0 Å². The third-order valence-electron chi connectivity index (χ3n) is 3.37. The molecule has 0 aliphatic carbocycles. The molecule has 4 nitrogen and oxygen atoms in total. The number of nitrogens with two attached hydrogens (primary N) is 1. The fraction of sp³-hybridized carbons (Fsp3) is 0.273. The summed E-state index contributed by atoms with van der Waals surface area (Å²) in [6, 6.07) is 11.7. The molecule has 136 valence electrons. The number of nitrogen functional groups attached to an aromatic ring is 1. The molecule has 1 aromatic carbocycles. The first-order valence-electron chi connectivity index (χ1n) is 8.73. The maximum Gasteiger partial charge on any atom is 0.154 e. The normalized spacial score (nSPS) is 9.19. The van der Waals surface area contributed by atoms with Gasteiger partial charge in [0.25, 0.3) is 0 Å². The molecule has 0 unspecified atom stereocenters. The Kier molecular flexibility index (Phi) is 9.27. The first kappa shape index (κ1) is 21.0. The predicted octanol–water partition coefficient (Wildman–Crippen LogP) is 5.27. The molecular formula is C22H27N3O. The van der Waals surface area contributed by atoms with Gasteiger partial charge in [-0.2, -0.15) is 0 Å². The highest BCUT2D eigenvalue weighted by Gasteiger charge is 2.08. The third-order valence-corrected chi connectivity index (χ3v) is 3.37. The molecule has 0 bridgehead atoms. The van der Waals surface area contributed by atoms with E-state index in [2.05, 4.69) is 48.8 Å². The molecule has 0 saturated heterocycles. The number of benzene rings is 1. The lowest BCUT2D eigenvalue weighted by atomic mass is 10.1. The van der Waals surface area contributed by atoms with E-state index in [1.165, 1.54) is 18.3 Å². The molecule has 0 aliphatic heterocycles. The fourth-order valence-corrected chi connectivity index (χ4v) is 1.93. The van der Waals surface area contributed by atoms with Crippen molar-refractivity contribution in [1.29, 1.82) is 0 Å². The lowest BCUT2D eigenvalue weighted by Crippen LogP contribution is -1.97. The second-order valence-corrected chi connectivity index (χ2v) is 5.60. The average molecular weight is 349 g/mol. The standard InChI is InChI=1S/C10H10.C9H9N3O.C3H8/c1-3-9-5-7-10(4-2)8-6-9;1-6-8(10)9(12-5-11-6)7-3-2-4-13-7;1-3-2/h1,5-8H,4H2,2H3;2-5H,10H2,1H3;3H2,1-2H3. The van der Waals surface area contributed by atoms with Crippen LogP contribution in [-0.2, 0) is 6.42 Å². The molecule has 4 heteroatoms. The van der Waals surface area contributed by atoms with E-state index < -0.39 is 0 Å². The van der Waals surface area contributed by atoms with Crippen LogP contribution < -0.4 is 5.73 Å². The van der Waals surface area contributed by atoms with Crippen LogP contribution in [0.3, 0.4) is 0 Å². The van der Waals surface area contributed by atoms with Crippen molar-refractivity contribution in [2.24, 2.45) is 0 Å². The van der Waals surface area contributed by atoms with Gasteiger partial charge in [-0.05, 0) is 43.2 Å². The summed E-state index contributed by atoms with van der Waals surface area (Å²) in [5.41, 5.74) is 10.1. The number of aromatic nitrogens is 2. The molecule has 0 aliphatic rings. The summed E-state index contributed by atoms with van der Waals surface area (Å²) < 4.78 is 5.19. The van der Waals surface area contributed by atoms with Gasteiger partial charge in [-0.15, -0.1) is 6.42 Å². The van der Waals surface area contributed by atoms with Gasteiger partial charge in [0.2, 0.25) is 0 Å². The van der Waals surface area contributed by atoms with E-state index in [1.807, 2.05) is 25.1 Å². The van der Waals surface area contributed by atoms with Crippen molar-refractivity contribution in [3.05, 3.63) is 65.8 Å². The molecule has 0 amide bonds. The minimum atomic E-state index is 0.567. The fourth-order valence-electron chi connectivity index (χ4n) is 1.93. The number of anilines is 1. The maximum atomic E-state index is 5.79. The number of rotatable bonds is 2. The summed E-state index contributed by atoms with van der Waals surface area (Å²) in [7, 11) is 0. The zero-order valence-corrected chi connectivity index (χ0v) is 16.0. The minimum Gasteiger partial charge on any atom is -0.463 e. The number of terminal acetylenes is 1. The number of hydrogen-bond acceptors (Lipinski definition) is 4. The van der Waals surface area contributed by atoms with Gasteiger partial charge in [0.15, 0.2) is 5.76 Å². The van der Waals surface area contributed by atoms with E-state index >= 15 is 0 Å². The Labute approximate surface area is 156 Å². The number of aryl methyl sites for hydroxylation is 2. The summed E-state index contributed by atoms with van der Waals surface area (Å²) in [5, 5.41) is 0. The third kappa shape index (κ3) is 6.45. The Balaban J connectivity index is 0.000000233. The summed E-state index contributed by atoms with van der Waals surface area (Å²) in [6.07, 6.45) is 10.6. The summed E-state index contributed by atoms with van der Waals surface area (Å²) in [5.74, 6) is 3.25. The smallest absolute Gasteiger partial charge is 0.154 e. The monoisotopic (exact) mass is 349 g/mol. The van der Waals surface area contributed by atoms with Crippen LogP contribution in [0.5, 0.6) is 0 Å². The Morgan fingerprint density at radius 2 is 1.73 bits per heavy atom. The van der Waals surface area contributed by atoms with Crippen LogP contribution in [0.15, 0.2) is 53.4 Å². The highest BCUT2D eigenvalue weighted by Crippen LogP contribution is 2.24. The van der Waals surface area contributed by atoms with Crippen molar-refractivity contribution in [2.45, 2.75) is 40.5 Å². The van der Waals surface area contributed by atoms with Crippen molar-refractivity contribution in [3.8, 4) is 23.8 Å². The predicted molar refractivity (Wildman–Crippen MR) is 109 cm³/mol. The Hall–Kier alpha value is -3.06. The van der Waals surface area contributed by atoms with Gasteiger partial charge in [-0.25, -0.2) is 9.97 Å². The number of nitrogens with zero attached hydrogens (tertiary/aromatic N) is 2. The lowest BCUT2D eigenvalue weighted by molar-refractivity contribution is 0.580. The van der Waals surface area contributed by atoms with E-state index in [4.69, 9.17) is 16.6 Å². The van der Waals surface area contributed by atoms with Crippen LogP contribution in [-0.4, -0.2) is 9.97 Å². The van der Waals surface area contributed by atoms with Crippen molar-refractivity contribution in [1.82, 2.24) is 9.97 Å². The van der Waals surface area contributed by atoms with Crippen molar-refractivity contribution >= 4 is 5.69 Å².